The lowest BCUT2D eigenvalue weighted by Gasteiger charge is -2.47. The Kier molecular flexibility index (Phi) is 18.1. The van der Waals surface area contributed by atoms with Gasteiger partial charge in [0.25, 0.3) is 5.91 Å². The molecule has 79 heavy (non-hydrogen) atoms. The van der Waals surface area contributed by atoms with E-state index < -0.39 is 114 Å². The number of alkyl halides is 8. The summed E-state index contributed by atoms with van der Waals surface area (Å²) in [7, 11) is 0. The van der Waals surface area contributed by atoms with Gasteiger partial charge in [-0.15, -0.1) is 0 Å². The summed E-state index contributed by atoms with van der Waals surface area (Å²) in [4.78, 5) is 61.9. The zero-order chi connectivity index (χ0) is 57.9. The van der Waals surface area contributed by atoms with Crippen LogP contribution in [-0.2, 0) is 36.9 Å². The Hall–Kier alpha value is -6.82. The topological polar surface area (TPSA) is 186 Å². The number of hydrogen-bond donors (Lipinski definition) is 5. The van der Waals surface area contributed by atoms with Crippen LogP contribution in [-0.4, -0.2) is 141 Å². The number of ether oxygens (including phenoxy) is 1. The third kappa shape index (κ3) is 14.0. The largest absolute Gasteiger partial charge is 0.396 e. The second-order valence-electron chi connectivity index (χ2n) is 21.1. The van der Waals surface area contributed by atoms with Crippen LogP contribution in [0.3, 0.4) is 0 Å². The highest BCUT2D eigenvalue weighted by molar-refractivity contribution is 5.88. The number of anilines is 1. The molecule has 26 heteroatoms. The number of carbonyl (C=O) groups excluding carboxylic acids is 4. The van der Waals surface area contributed by atoms with Crippen molar-refractivity contribution in [3.05, 3.63) is 101 Å². The van der Waals surface area contributed by atoms with E-state index in [9.17, 15) is 59.4 Å². The minimum atomic E-state index is -5.16. The minimum absolute atomic E-state index is 0.210. The number of nitrogens with zero attached hydrogens (tertiary/aromatic N) is 6. The number of hydrazine groups is 1. The quantitative estimate of drug-likeness (QED) is 0.0411. The third-order valence-corrected chi connectivity index (χ3v) is 14.6. The van der Waals surface area contributed by atoms with E-state index in [0.29, 0.717) is 79.7 Å². The summed E-state index contributed by atoms with van der Waals surface area (Å²) in [5.41, 5.74) is -4.05. The van der Waals surface area contributed by atoms with Crippen LogP contribution in [0, 0.1) is 34.3 Å². The molecule has 2 aromatic carbocycles. The fourth-order valence-corrected chi connectivity index (χ4v) is 9.73. The number of nitrogens with one attached hydrogen (secondary N) is 4. The molecule has 0 aliphatic carbocycles. The first-order chi connectivity index (χ1) is 36.9. The number of amides is 4. The molecule has 2 aromatic heterocycles. The van der Waals surface area contributed by atoms with E-state index in [4.69, 9.17) is 4.74 Å². The molecule has 4 amide bonds. The second-order valence-corrected chi connectivity index (χ2v) is 21.1. The number of halogens is 10. The predicted molar refractivity (Wildman–Crippen MR) is 266 cm³/mol. The number of hydrogen-bond acceptors (Lipinski definition) is 11. The lowest BCUT2D eigenvalue weighted by atomic mass is 9.82. The number of aromatic nitrogens is 3. The highest BCUT2D eigenvalue weighted by atomic mass is 19.4. The van der Waals surface area contributed by atoms with E-state index in [-0.39, 0.29) is 15.9 Å². The molecule has 3 fully saturated rings. The van der Waals surface area contributed by atoms with Crippen LogP contribution < -0.4 is 26.3 Å². The summed E-state index contributed by atoms with van der Waals surface area (Å²) in [6.07, 6.45) is -8.09. The Labute approximate surface area is 448 Å². The van der Waals surface area contributed by atoms with Gasteiger partial charge in [-0.1, -0.05) is 24.0 Å². The summed E-state index contributed by atoms with van der Waals surface area (Å²) < 4.78 is 151. The smallest absolute Gasteiger partial charge is 0.390 e. The first-order valence-electron chi connectivity index (χ1n) is 25.1. The number of carbonyl (C=O) groups is 4. The van der Waals surface area contributed by atoms with Crippen LogP contribution in [0.15, 0.2) is 67.0 Å². The van der Waals surface area contributed by atoms with Crippen LogP contribution >= 0.6 is 0 Å². The first kappa shape index (κ1) is 59.8. The molecule has 3 aliphatic heterocycles. The third-order valence-electron chi connectivity index (χ3n) is 14.6. The van der Waals surface area contributed by atoms with Gasteiger partial charge in [-0.25, -0.2) is 23.5 Å². The van der Waals surface area contributed by atoms with E-state index in [1.165, 1.54) is 12.1 Å². The molecule has 0 spiro atoms. The highest BCUT2D eigenvalue weighted by Gasteiger charge is 2.57. The summed E-state index contributed by atoms with van der Waals surface area (Å²) in [5.74, 6) is -1.11. The van der Waals surface area contributed by atoms with E-state index in [1.54, 1.807) is 18.3 Å². The molecule has 3 unspecified atom stereocenters. The van der Waals surface area contributed by atoms with Crippen LogP contribution in [0.1, 0.15) is 83.2 Å². The maximum absolute atomic E-state index is 16.0. The van der Waals surface area contributed by atoms with Crippen molar-refractivity contribution in [1.29, 1.82) is 0 Å². The predicted octanol–water partition coefficient (Wildman–Crippen LogP) is 6.18. The van der Waals surface area contributed by atoms with Gasteiger partial charge in [0, 0.05) is 86.8 Å². The van der Waals surface area contributed by atoms with Crippen LogP contribution in [0.2, 0.25) is 0 Å². The molecule has 3 aliphatic rings. The Bertz CT molecular complexity index is 2870. The number of rotatable bonds is 19. The van der Waals surface area contributed by atoms with Gasteiger partial charge in [-0.2, -0.15) is 40.2 Å². The summed E-state index contributed by atoms with van der Waals surface area (Å²) >= 11 is 0. The van der Waals surface area contributed by atoms with Crippen LogP contribution in [0.25, 0.3) is 11.3 Å². The van der Waals surface area contributed by atoms with Gasteiger partial charge in [-0.05, 0) is 95.0 Å². The number of aliphatic hydroxyl groups is 1. The number of piperazine rings is 1. The van der Waals surface area contributed by atoms with Gasteiger partial charge < -0.3 is 30.7 Å². The zero-order valence-electron chi connectivity index (χ0n) is 43.8. The van der Waals surface area contributed by atoms with Crippen molar-refractivity contribution < 1.29 is 72.9 Å². The van der Waals surface area contributed by atoms with E-state index >= 15 is 8.78 Å². The van der Waals surface area contributed by atoms with Crippen molar-refractivity contribution in [2.75, 3.05) is 37.7 Å². The Balaban J connectivity index is 1.17. The standard InChI is InChI=1S/C53H60F10N10O6/c1-29(74)65-45(50(3,4)52(58,59)60)47(77)67-42(19-32-10-7-31(8-11-32)9-12-33-13-16-44(64-22-33)70-23-35-14-15-36(24-70)73(35)37-27-79-28-37)43(76)26-71(69-48(78)46(66-30(2)75)51(5,6)53(61,62)63)25-38-39(54)20-34(21-40(38)55)41-17-18-72(68-41)49(56)57/h7-8,10-11,13,16-18,20-22,35-37,42-43,45-46,49,76H,14-15,19,23-28H2,1-6H3,(H,65,74)(H,66,75)(H,67,77)(H,69,78)/t35?,36?,42-,43-,45+,46?/m0/s1. The summed E-state index contributed by atoms with van der Waals surface area (Å²) in [5, 5.41) is 22.4. The molecule has 0 saturated carbocycles. The molecule has 0 radical (unpaired) electrons. The molecule has 7 rings (SSSR count). The van der Waals surface area contributed by atoms with E-state index in [1.807, 2.05) is 22.8 Å². The maximum Gasteiger partial charge on any atom is 0.396 e. The molecule has 16 nitrogen and oxygen atoms in total. The van der Waals surface area contributed by atoms with Crippen molar-refractivity contribution in [1.82, 2.24) is 46.0 Å². The average molecular weight is 1120 g/mol. The highest BCUT2D eigenvalue weighted by Crippen LogP contribution is 2.42. The number of pyridine rings is 1. The van der Waals surface area contributed by atoms with E-state index in [2.05, 4.69) is 42.5 Å². The van der Waals surface area contributed by atoms with Gasteiger partial charge >= 0.3 is 18.9 Å². The molecule has 5 heterocycles. The van der Waals surface area contributed by atoms with Crippen molar-refractivity contribution >= 4 is 29.4 Å². The molecular formula is C53H60F10N10O6. The Morgan fingerprint density at radius 2 is 1.32 bits per heavy atom. The lowest BCUT2D eigenvalue weighted by molar-refractivity contribution is -0.222. The van der Waals surface area contributed by atoms with Crippen molar-refractivity contribution in [2.24, 2.45) is 10.8 Å². The molecule has 4 aromatic rings. The Morgan fingerprint density at radius 3 is 1.80 bits per heavy atom. The van der Waals surface area contributed by atoms with Gasteiger partial charge in [0.15, 0.2) is 0 Å². The van der Waals surface area contributed by atoms with Gasteiger partial charge in [0.1, 0.15) is 29.5 Å². The monoisotopic (exact) mass is 1120 g/mol. The minimum Gasteiger partial charge on any atom is -0.390 e. The normalized spacial score (nSPS) is 18.7. The maximum atomic E-state index is 16.0. The first-order valence-corrected chi connectivity index (χ1v) is 25.1. The Morgan fingerprint density at radius 1 is 0.772 bits per heavy atom. The number of benzene rings is 2. The van der Waals surface area contributed by atoms with Crippen molar-refractivity contribution in [3.63, 3.8) is 0 Å². The fraction of sp³-hybridized carbons (Fsp3) is 0.509. The molecule has 5 N–H and O–H groups in total. The van der Waals surface area contributed by atoms with Gasteiger partial charge in [-0.3, -0.25) is 29.5 Å². The van der Waals surface area contributed by atoms with Crippen LogP contribution in [0.4, 0.5) is 49.7 Å². The second kappa shape index (κ2) is 23.9. The van der Waals surface area contributed by atoms with Gasteiger partial charge in [0.2, 0.25) is 17.7 Å². The summed E-state index contributed by atoms with van der Waals surface area (Å²) in [6.45, 7) is 2.06. The zero-order valence-corrected chi connectivity index (χ0v) is 43.8. The van der Waals surface area contributed by atoms with E-state index in [0.717, 1.165) is 71.1 Å². The molecule has 2 bridgehead atoms. The molecule has 6 atom stereocenters. The number of fused-ring (bicyclic) bond motifs is 2. The summed E-state index contributed by atoms with van der Waals surface area (Å²) in [6, 6.07) is 7.13. The lowest BCUT2D eigenvalue weighted by Crippen LogP contribution is -2.63. The van der Waals surface area contributed by atoms with Crippen molar-refractivity contribution in [3.8, 4) is 23.1 Å². The van der Waals surface area contributed by atoms with Crippen LogP contribution in [0.5, 0.6) is 0 Å². The average Bonchev–Trinajstić information content (AvgIpc) is 3.98. The van der Waals surface area contributed by atoms with Gasteiger partial charge in [0.05, 0.1) is 47.9 Å². The molecule has 428 valence electrons. The van der Waals surface area contributed by atoms with Crippen molar-refractivity contribution in [2.45, 2.75) is 129 Å². The fourth-order valence-electron chi connectivity index (χ4n) is 9.73. The number of aliphatic hydroxyl groups excluding tert-OH is 1. The SMILES string of the molecule is CC(=O)NC(C(=O)NN(Cc1c(F)cc(-c2ccn(C(F)F)n2)cc1F)C[C@H](O)[C@H](Cc1ccc(C#Cc2ccc(N3CC4CCC(C3)N4C3COC3)nc2)cc1)NC(=O)[C@@H](NC(C)=O)C(C)(C)C(F)(F)F)C(C)(C)C(F)(F)F. The molecular weight excluding hydrogens is 1060 g/mol. The molecule has 3 saturated heterocycles.